The zero-order chi connectivity index (χ0) is 10.7. The lowest BCUT2D eigenvalue weighted by molar-refractivity contribution is 0.00693. The van der Waals surface area contributed by atoms with Gasteiger partial charge in [0.2, 0.25) is 0 Å². The third-order valence-corrected chi connectivity index (χ3v) is 2.69. The fraction of sp³-hybridized carbons (Fsp3) is 0.500. The molecule has 1 fully saturated rings. The number of ether oxygens (including phenoxy) is 2. The molecule has 1 N–H and O–H groups in total. The molecule has 1 aromatic rings. The highest BCUT2D eigenvalue weighted by Gasteiger charge is 2.19. The quantitative estimate of drug-likeness (QED) is 0.801. The lowest BCUT2D eigenvalue weighted by atomic mass is 10.1. The largest absolute Gasteiger partial charge is 0.497 e. The summed E-state index contributed by atoms with van der Waals surface area (Å²) in [5.41, 5.74) is 1.20. The maximum absolute atomic E-state index is 5.75. The number of morpholine rings is 1. The van der Waals surface area contributed by atoms with Gasteiger partial charge in [-0.3, -0.25) is 0 Å². The van der Waals surface area contributed by atoms with Crippen molar-refractivity contribution in [3.05, 3.63) is 29.8 Å². The van der Waals surface area contributed by atoms with Gasteiger partial charge in [0.15, 0.2) is 0 Å². The van der Waals surface area contributed by atoms with E-state index in [-0.39, 0.29) is 6.10 Å². The topological polar surface area (TPSA) is 30.5 Å². The predicted molar refractivity (Wildman–Crippen MR) is 59.2 cm³/mol. The van der Waals surface area contributed by atoms with Crippen LogP contribution in [0.3, 0.4) is 0 Å². The van der Waals surface area contributed by atoms with Crippen molar-refractivity contribution in [1.29, 1.82) is 0 Å². The number of methoxy groups -OCH3 is 1. The molecule has 0 radical (unpaired) electrons. The summed E-state index contributed by atoms with van der Waals surface area (Å²) in [6, 6.07) is 8.51. The molecule has 3 heteroatoms. The molecule has 15 heavy (non-hydrogen) atoms. The Labute approximate surface area is 90.4 Å². The summed E-state index contributed by atoms with van der Waals surface area (Å²) in [6.07, 6.45) is 0.173. The van der Waals surface area contributed by atoms with Crippen molar-refractivity contribution < 1.29 is 9.47 Å². The van der Waals surface area contributed by atoms with Crippen LogP contribution >= 0.6 is 0 Å². The van der Waals surface area contributed by atoms with Gasteiger partial charge in [0.1, 0.15) is 5.75 Å². The van der Waals surface area contributed by atoms with E-state index in [0.29, 0.717) is 6.04 Å². The van der Waals surface area contributed by atoms with E-state index in [1.807, 2.05) is 12.1 Å². The molecule has 1 aliphatic rings. The van der Waals surface area contributed by atoms with E-state index in [1.165, 1.54) is 5.56 Å². The molecule has 2 atom stereocenters. The van der Waals surface area contributed by atoms with E-state index in [0.717, 1.165) is 18.9 Å². The molecule has 0 amide bonds. The summed E-state index contributed by atoms with van der Waals surface area (Å²) >= 11 is 0. The third kappa shape index (κ3) is 2.49. The van der Waals surface area contributed by atoms with Crippen molar-refractivity contribution in [1.82, 2.24) is 5.32 Å². The maximum Gasteiger partial charge on any atom is 0.118 e. The van der Waals surface area contributed by atoms with Crippen LogP contribution in [0.15, 0.2) is 24.3 Å². The van der Waals surface area contributed by atoms with Crippen molar-refractivity contribution in [3.8, 4) is 5.75 Å². The van der Waals surface area contributed by atoms with Gasteiger partial charge in [0.25, 0.3) is 0 Å². The first-order valence-electron chi connectivity index (χ1n) is 5.28. The van der Waals surface area contributed by atoms with Crippen LogP contribution in [-0.4, -0.2) is 26.3 Å². The van der Waals surface area contributed by atoms with Gasteiger partial charge in [-0.05, 0) is 24.6 Å². The molecule has 2 rings (SSSR count). The number of rotatable bonds is 2. The maximum atomic E-state index is 5.75. The molecule has 0 saturated carbocycles. The van der Waals surface area contributed by atoms with Gasteiger partial charge in [-0.15, -0.1) is 0 Å². The van der Waals surface area contributed by atoms with Gasteiger partial charge in [-0.2, -0.15) is 0 Å². The van der Waals surface area contributed by atoms with Gasteiger partial charge in [0.05, 0.1) is 19.8 Å². The van der Waals surface area contributed by atoms with Gasteiger partial charge in [-0.1, -0.05) is 12.1 Å². The molecule has 1 heterocycles. The van der Waals surface area contributed by atoms with Crippen LogP contribution in [0.1, 0.15) is 18.6 Å². The minimum Gasteiger partial charge on any atom is -0.497 e. The fourth-order valence-corrected chi connectivity index (χ4v) is 1.72. The highest BCUT2D eigenvalue weighted by molar-refractivity contribution is 5.28. The lowest BCUT2D eigenvalue weighted by Gasteiger charge is -2.28. The highest BCUT2D eigenvalue weighted by Crippen LogP contribution is 2.22. The van der Waals surface area contributed by atoms with Crippen LogP contribution in [0.2, 0.25) is 0 Å². The number of benzene rings is 1. The average Bonchev–Trinajstić information content (AvgIpc) is 2.30. The van der Waals surface area contributed by atoms with Gasteiger partial charge in [-0.25, -0.2) is 0 Å². The molecule has 1 saturated heterocycles. The van der Waals surface area contributed by atoms with E-state index in [2.05, 4.69) is 24.4 Å². The Morgan fingerprint density at radius 2 is 2.07 bits per heavy atom. The second-order valence-electron chi connectivity index (χ2n) is 3.90. The van der Waals surface area contributed by atoms with E-state index < -0.39 is 0 Å². The number of hydrogen-bond donors (Lipinski definition) is 1. The van der Waals surface area contributed by atoms with Gasteiger partial charge in [0, 0.05) is 12.6 Å². The first kappa shape index (κ1) is 10.5. The van der Waals surface area contributed by atoms with E-state index >= 15 is 0 Å². The summed E-state index contributed by atoms with van der Waals surface area (Å²) in [4.78, 5) is 0. The Morgan fingerprint density at radius 3 is 2.60 bits per heavy atom. The molecule has 1 aromatic carbocycles. The van der Waals surface area contributed by atoms with E-state index in [4.69, 9.17) is 9.47 Å². The van der Waals surface area contributed by atoms with Crippen LogP contribution < -0.4 is 10.1 Å². The summed E-state index contributed by atoms with van der Waals surface area (Å²) in [6.45, 7) is 3.79. The van der Waals surface area contributed by atoms with Crippen molar-refractivity contribution >= 4 is 0 Å². The van der Waals surface area contributed by atoms with Crippen molar-refractivity contribution in [3.63, 3.8) is 0 Å². The molecule has 3 nitrogen and oxygen atoms in total. The van der Waals surface area contributed by atoms with E-state index in [1.54, 1.807) is 7.11 Å². The normalized spacial score (nSPS) is 26.3. The second-order valence-corrected chi connectivity index (χ2v) is 3.90. The zero-order valence-corrected chi connectivity index (χ0v) is 9.19. The highest BCUT2D eigenvalue weighted by atomic mass is 16.5. The summed E-state index contributed by atoms with van der Waals surface area (Å²) in [7, 11) is 1.68. The monoisotopic (exact) mass is 207 g/mol. The van der Waals surface area contributed by atoms with E-state index in [9.17, 15) is 0 Å². The van der Waals surface area contributed by atoms with Crippen molar-refractivity contribution in [2.24, 2.45) is 0 Å². The molecular weight excluding hydrogens is 190 g/mol. The minimum atomic E-state index is 0.173. The third-order valence-electron chi connectivity index (χ3n) is 2.69. The average molecular weight is 207 g/mol. The standard InChI is InChI=1S/C12H17NO2/c1-9-8-15-12(7-13-9)10-3-5-11(14-2)6-4-10/h3-6,9,12-13H,7-8H2,1-2H3. The van der Waals surface area contributed by atoms with Crippen LogP contribution in [0, 0.1) is 0 Å². The minimum absolute atomic E-state index is 0.173. The van der Waals surface area contributed by atoms with Crippen LogP contribution in [0.5, 0.6) is 5.75 Å². The van der Waals surface area contributed by atoms with Crippen LogP contribution in [0.4, 0.5) is 0 Å². The first-order chi connectivity index (χ1) is 7.29. The predicted octanol–water partition coefficient (Wildman–Crippen LogP) is 1.74. The Balaban J connectivity index is 2.03. The summed E-state index contributed by atoms with van der Waals surface area (Å²) in [5, 5.41) is 3.40. The Bertz CT molecular complexity index is 302. The van der Waals surface area contributed by atoms with Crippen LogP contribution in [-0.2, 0) is 4.74 Å². The lowest BCUT2D eigenvalue weighted by Crippen LogP contribution is -2.40. The van der Waals surface area contributed by atoms with Crippen molar-refractivity contribution in [2.75, 3.05) is 20.3 Å². The molecule has 0 spiro atoms. The smallest absolute Gasteiger partial charge is 0.118 e. The molecule has 82 valence electrons. The fourth-order valence-electron chi connectivity index (χ4n) is 1.72. The Hall–Kier alpha value is -1.06. The SMILES string of the molecule is COc1ccc(C2CNC(C)CO2)cc1. The van der Waals surface area contributed by atoms with Gasteiger partial charge >= 0.3 is 0 Å². The Morgan fingerprint density at radius 1 is 1.33 bits per heavy atom. The zero-order valence-electron chi connectivity index (χ0n) is 9.19. The van der Waals surface area contributed by atoms with Gasteiger partial charge < -0.3 is 14.8 Å². The molecule has 0 bridgehead atoms. The first-order valence-corrected chi connectivity index (χ1v) is 5.28. The Kier molecular flexibility index (Phi) is 3.23. The number of nitrogens with one attached hydrogen (secondary N) is 1. The van der Waals surface area contributed by atoms with Crippen LogP contribution in [0.25, 0.3) is 0 Å². The molecule has 1 aliphatic heterocycles. The molecule has 0 aliphatic carbocycles. The summed E-state index contributed by atoms with van der Waals surface area (Å²) < 4.78 is 10.9. The number of hydrogen-bond acceptors (Lipinski definition) is 3. The van der Waals surface area contributed by atoms with Crippen molar-refractivity contribution in [2.45, 2.75) is 19.1 Å². The molecular formula is C12H17NO2. The molecule has 2 unspecified atom stereocenters. The second kappa shape index (κ2) is 4.64. The molecule has 0 aromatic heterocycles. The summed E-state index contributed by atoms with van der Waals surface area (Å²) in [5.74, 6) is 0.885.